The zero-order valence-corrected chi connectivity index (χ0v) is 14.5. The van der Waals surface area contributed by atoms with Crippen LogP contribution in [0.3, 0.4) is 0 Å². The number of nitro groups is 1. The number of non-ortho nitro benzene ring substituents is 1. The van der Waals surface area contributed by atoms with Gasteiger partial charge in [-0.25, -0.2) is 4.98 Å². The van der Waals surface area contributed by atoms with E-state index in [4.69, 9.17) is 0 Å². The molecule has 9 heteroatoms. The van der Waals surface area contributed by atoms with Gasteiger partial charge in [-0.1, -0.05) is 12.1 Å². The van der Waals surface area contributed by atoms with E-state index >= 15 is 0 Å². The molecule has 0 unspecified atom stereocenters. The van der Waals surface area contributed by atoms with Gasteiger partial charge in [0.15, 0.2) is 0 Å². The zero-order chi connectivity index (χ0) is 19.1. The highest BCUT2D eigenvalue weighted by Gasteiger charge is 2.36. The van der Waals surface area contributed by atoms with Crippen LogP contribution < -0.4 is 0 Å². The van der Waals surface area contributed by atoms with Crippen LogP contribution in [0, 0.1) is 24.0 Å². The summed E-state index contributed by atoms with van der Waals surface area (Å²) >= 11 is 1.04. The summed E-state index contributed by atoms with van der Waals surface area (Å²) in [4.78, 5) is 18.8. The maximum absolute atomic E-state index is 13.4. The summed E-state index contributed by atoms with van der Waals surface area (Å²) in [5, 5.41) is 12.6. The second kappa shape index (κ2) is 6.49. The number of aryl methyl sites for hydroxylation is 2. The lowest BCUT2D eigenvalue weighted by Crippen LogP contribution is -2.10. The highest BCUT2D eigenvalue weighted by Crippen LogP contribution is 2.40. The van der Waals surface area contributed by atoms with Gasteiger partial charge >= 0.3 is 6.18 Å². The normalized spacial score (nSPS) is 11.6. The molecule has 2 heterocycles. The molecule has 134 valence electrons. The Morgan fingerprint density at radius 2 is 1.88 bits per heavy atom. The summed E-state index contributed by atoms with van der Waals surface area (Å²) in [6.45, 7) is 3.01. The number of hydrogen-bond donors (Lipinski definition) is 0. The van der Waals surface area contributed by atoms with Crippen LogP contribution in [0.25, 0.3) is 21.8 Å². The smallest absolute Gasteiger partial charge is 0.258 e. The summed E-state index contributed by atoms with van der Waals surface area (Å²) in [5.74, 6) is 0. The van der Waals surface area contributed by atoms with Crippen LogP contribution in [0.4, 0.5) is 18.9 Å². The van der Waals surface area contributed by atoms with Crippen molar-refractivity contribution in [2.24, 2.45) is 0 Å². The van der Waals surface area contributed by atoms with Crippen molar-refractivity contribution in [2.45, 2.75) is 20.0 Å². The minimum absolute atomic E-state index is 0.0650. The first-order valence-electron chi connectivity index (χ1n) is 7.43. The van der Waals surface area contributed by atoms with Gasteiger partial charge in [-0.2, -0.15) is 13.2 Å². The third-order valence-electron chi connectivity index (χ3n) is 3.70. The molecule has 3 rings (SSSR count). The third kappa shape index (κ3) is 3.43. The first kappa shape index (κ1) is 18.0. The standard InChI is InChI=1S/C17H12F3N3O2S/c1-9-6-13(17(18,19)20)15(10(2)21-9)16-22-14(8-26-16)11-4-3-5-12(7-11)23(24)25/h3-8H,1-2H3. The predicted octanol–water partition coefficient (Wildman–Crippen LogP) is 5.42. The SMILES string of the molecule is Cc1cc(C(F)(F)F)c(-c2nc(-c3cccc([N+](=O)[O-])c3)cs2)c(C)n1. The molecule has 5 nitrogen and oxygen atoms in total. The van der Waals surface area contributed by atoms with Crippen LogP contribution in [-0.2, 0) is 6.18 Å². The van der Waals surface area contributed by atoms with Gasteiger partial charge in [0, 0.05) is 40.0 Å². The molecule has 0 spiro atoms. The Kier molecular flexibility index (Phi) is 4.49. The van der Waals surface area contributed by atoms with Crippen LogP contribution in [0.1, 0.15) is 17.0 Å². The number of halogens is 3. The summed E-state index contributed by atoms with van der Waals surface area (Å²) in [7, 11) is 0. The second-order valence-corrected chi connectivity index (χ2v) is 6.47. The molecular weight excluding hydrogens is 367 g/mol. The Morgan fingerprint density at radius 1 is 1.15 bits per heavy atom. The topological polar surface area (TPSA) is 68.9 Å². The van der Waals surface area contributed by atoms with E-state index in [0.717, 1.165) is 17.4 Å². The quantitative estimate of drug-likeness (QED) is 0.450. The fourth-order valence-electron chi connectivity index (χ4n) is 2.62. The molecule has 0 radical (unpaired) electrons. The number of nitrogens with zero attached hydrogens (tertiary/aromatic N) is 3. The summed E-state index contributed by atoms with van der Waals surface area (Å²) in [6.07, 6.45) is -4.54. The molecule has 0 atom stereocenters. The van der Waals surface area contributed by atoms with Crippen LogP contribution in [0.2, 0.25) is 0 Å². The first-order valence-corrected chi connectivity index (χ1v) is 8.31. The van der Waals surface area contributed by atoms with Crippen molar-refractivity contribution in [3.8, 4) is 21.8 Å². The molecule has 1 aromatic carbocycles. The second-order valence-electron chi connectivity index (χ2n) is 5.61. The number of aromatic nitrogens is 2. The predicted molar refractivity (Wildman–Crippen MR) is 91.9 cm³/mol. The number of nitro benzene ring substituents is 1. The van der Waals surface area contributed by atoms with Crippen molar-refractivity contribution in [2.75, 3.05) is 0 Å². The van der Waals surface area contributed by atoms with Crippen LogP contribution >= 0.6 is 11.3 Å². The average Bonchev–Trinajstić information content (AvgIpc) is 3.03. The molecule has 0 saturated carbocycles. The van der Waals surface area contributed by atoms with E-state index in [2.05, 4.69) is 9.97 Å². The first-order chi connectivity index (χ1) is 12.2. The maximum atomic E-state index is 13.4. The summed E-state index contributed by atoms with van der Waals surface area (Å²) in [6, 6.07) is 6.80. The van der Waals surface area contributed by atoms with E-state index < -0.39 is 16.7 Å². The molecule has 0 saturated heterocycles. The Balaban J connectivity index is 2.12. The van der Waals surface area contributed by atoms with Crippen LogP contribution in [-0.4, -0.2) is 14.9 Å². The van der Waals surface area contributed by atoms with Gasteiger partial charge < -0.3 is 0 Å². The number of rotatable bonds is 3. The van der Waals surface area contributed by atoms with Crippen LogP contribution in [0.15, 0.2) is 35.7 Å². The monoisotopic (exact) mass is 379 g/mol. The molecule has 3 aromatic rings. The molecule has 0 aliphatic carbocycles. The Labute approximate surface area is 150 Å². The van der Waals surface area contributed by atoms with Gasteiger partial charge in [-0.15, -0.1) is 11.3 Å². The van der Waals surface area contributed by atoms with E-state index in [9.17, 15) is 23.3 Å². The lowest BCUT2D eigenvalue weighted by atomic mass is 10.1. The summed E-state index contributed by atoms with van der Waals surface area (Å²) < 4.78 is 40.3. The molecular formula is C17H12F3N3O2S. The van der Waals surface area contributed by atoms with Crippen molar-refractivity contribution >= 4 is 17.0 Å². The fraction of sp³-hybridized carbons (Fsp3) is 0.176. The van der Waals surface area contributed by atoms with E-state index in [1.54, 1.807) is 11.4 Å². The van der Waals surface area contributed by atoms with E-state index in [-0.39, 0.29) is 27.6 Å². The van der Waals surface area contributed by atoms with Gasteiger partial charge in [0.1, 0.15) is 5.01 Å². The number of pyridine rings is 1. The van der Waals surface area contributed by atoms with Crippen molar-refractivity contribution < 1.29 is 18.1 Å². The Morgan fingerprint density at radius 3 is 2.54 bits per heavy atom. The van der Waals surface area contributed by atoms with Crippen molar-refractivity contribution in [1.29, 1.82) is 0 Å². The largest absolute Gasteiger partial charge is 0.417 e. The van der Waals surface area contributed by atoms with E-state index in [1.807, 2.05) is 0 Å². The lowest BCUT2D eigenvalue weighted by Gasteiger charge is -2.14. The maximum Gasteiger partial charge on any atom is 0.417 e. The third-order valence-corrected chi connectivity index (χ3v) is 4.56. The molecule has 2 aromatic heterocycles. The van der Waals surface area contributed by atoms with Crippen molar-refractivity contribution in [1.82, 2.24) is 9.97 Å². The van der Waals surface area contributed by atoms with Gasteiger partial charge in [-0.05, 0) is 19.9 Å². The minimum atomic E-state index is -4.54. The molecule has 0 fully saturated rings. The molecule has 26 heavy (non-hydrogen) atoms. The number of alkyl halides is 3. The highest BCUT2D eigenvalue weighted by molar-refractivity contribution is 7.13. The highest BCUT2D eigenvalue weighted by atomic mass is 32.1. The van der Waals surface area contributed by atoms with Gasteiger partial charge in [-0.3, -0.25) is 15.1 Å². The molecule has 0 N–H and O–H groups in total. The zero-order valence-electron chi connectivity index (χ0n) is 13.7. The van der Waals surface area contributed by atoms with Gasteiger partial charge in [0.05, 0.1) is 16.2 Å². The number of benzene rings is 1. The number of thiazole rings is 1. The Hall–Kier alpha value is -2.81. The van der Waals surface area contributed by atoms with E-state index in [1.165, 1.54) is 32.0 Å². The van der Waals surface area contributed by atoms with Crippen molar-refractivity contribution in [3.63, 3.8) is 0 Å². The fourth-order valence-corrected chi connectivity index (χ4v) is 3.56. The van der Waals surface area contributed by atoms with E-state index in [0.29, 0.717) is 11.3 Å². The Bertz CT molecular complexity index is 999. The molecule has 0 amide bonds. The van der Waals surface area contributed by atoms with Gasteiger partial charge in [0.25, 0.3) is 5.69 Å². The van der Waals surface area contributed by atoms with Gasteiger partial charge in [0.2, 0.25) is 0 Å². The minimum Gasteiger partial charge on any atom is -0.258 e. The van der Waals surface area contributed by atoms with Crippen LogP contribution in [0.5, 0.6) is 0 Å². The molecule has 0 bridgehead atoms. The molecule has 0 aliphatic heterocycles. The van der Waals surface area contributed by atoms with Crippen molar-refractivity contribution in [3.05, 3.63) is 62.8 Å². The average molecular weight is 379 g/mol. The molecule has 0 aliphatic rings. The number of hydrogen-bond acceptors (Lipinski definition) is 5. The summed E-state index contributed by atoms with van der Waals surface area (Å²) in [5.41, 5.74) is 0.384. The lowest BCUT2D eigenvalue weighted by molar-refractivity contribution is -0.384.